The number of aryl methyl sites for hydroxylation is 1. The zero-order valence-corrected chi connectivity index (χ0v) is 16.9. The minimum absolute atomic E-state index is 0.121. The zero-order chi connectivity index (χ0) is 20.5. The molecule has 4 aromatic rings. The summed E-state index contributed by atoms with van der Waals surface area (Å²) in [5, 5.41) is 6.38. The molecule has 30 heavy (non-hydrogen) atoms. The van der Waals surface area contributed by atoms with Crippen LogP contribution in [-0.4, -0.2) is 15.3 Å². The van der Waals surface area contributed by atoms with E-state index in [2.05, 4.69) is 34.1 Å². The number of aromatic nitrogens is 2. The lowest BCUT2D eigenvalue weighted by atomic mass is 10.1. The van der Waals surface area contributed by atoms with Gasteiger partial charge in [-0.15, -0.1) is 0 Å². The van der Waals surface area contributed by atoms with E-state index in [4.69, 9.17) is 4.98 Å². The fourth-order valence-corrected chi connectivity index (χ4v) is 3.74. The van der Waals surface area contributed by atoms with Crippen LogP contribution in [0.2, 0.25) is 0 Å². The van der Waals surface area contributed by atoms with E-state index in [1.165, 1.54) is 24.1 Å². The van der Waals surface area contributed by atoms with Crippen molar-refractivity contribution in [2.24, 2.45) is 0 Å². The van der Waals surface area contributed by atoms with E-state index < -0.39 is 0 Å². The fourth-order valence-electron chi connectivity index (χ4n) is 3.74. The third kappa shape index (κ3) is 3.79. The average molecular weight is 396 g/mol. The van der Waals surface area contributed by atoms with Gasteiger partial charge in [-0.3, -0.25) is 4.79 Å². The summed E-state index contributed by atoms with van der Waals surface area (Å²) in [7, 11) is 0. The normalized spacial score (nSPS) is 13.4. The number of imidazole rings is 1. The minimum atomic E-state index is -0.121. The second-order valence-corrected chi connectivity index (χ2v) is 7.87. The molecule has 0 radical (unpaired) electrons. The van der Waals surface area contributed by atoms with Gasteiger partial charge in [-0.05, 0) is 61.7 Å². The Labute approximate surface area is 175 Å². The molecule has 1 aliphatic carbocycles. The number of hydrogen-bond donors (Lipinski definition) is 2. The smallest absolute Gasteiger partial charge is 0.255 e. The van der Waals surface area contributed by atoms with Crippen molar-refractivity contribution >= 4 is 22.9 Å². The lowest BCUT2D eigenvalue weighted by Crippen LogP contribution is -2.12. The molecule has 5 rings (SSSR count). The number of carbonyl (C=O) groups excluding carboxylic acids is 1. The largest absolute Gasteiger partial charge is 0.381 e. The number of amides is 1. The van der Waals surface area contributed by atoms with Crippen molar-refractivity contribution < 1.29 is 4.79 Å². The van der Waals surface area contributed by atoms with Crippen LogP contribution in [0.1, 0.15) is 46.1 Å². The first-order valence-corrected chi connectivity index (χ1v) is 10.4. The number of nitrogens with one attached hydrogen (secondary N) is 2. The molecule has 5 nitrogen and oxygen atoms in total. The minimum Gasteiger partial charge on any atom is -0.381 e. The van der Waals surface area contributed by atoms with Gasteiger partial charge in [0.15, 0.2) is 0 Å². The van der Waals surface area contributed by atoms with Crippen molar-refractivity contribution in [2.45, 2.75) is 32.2 Å². The van der Waals surface area contributed by atoms with Crippen LogP contribution in [-0.2, 0) is 6.54 Å². The molecule has 0 aliphatic heterocycles. The highest BCUT2D eigenvalue weighted by Crippen LogP contribution is 2.41. The maximum atomic E-state index is 12.7. The Morgan fingerprint density at radius 2 is 1.73 bits per heavy atom. The monoisotopic (exact) mass is 396 g/mol. The number of nitrogens with zero attached hydrogens (tertiary/aromatic N) is 2. The Morgan fingerprint density at radius 3 is 2.47 bits per heavy atom. The number of pyridine rings is 1. The first-order chi connectivity index (χ1) is 14.7. The molecule has 0 unspecified atom stereocenters. The van der Waals surface area contributed by atoms with Crippen LogP contribution < -0.4 is 10.6 Å². The number of benzene rings is 2. The highest BCUT2D eigenvalue weighted by atomic mass is 16.1. The van der Waals surface area contributed by atoms with Gasteiger partial charge in [0.1, 0.15) is 5.65 Å². The number of fused-ring (bicyclic) bond motifs is 1. The molecule has 2 heterocycles. The summed E-state index contributed by atoms with van der Waals surface area (Å²) in [4.78, 5) is 17.4. The van der Waals surface area contributed by atoms with Gasteiger partial charge in [0, 0.05) is 35.6 Å². The molecule has 2 N–H and O–H groups in total. The van der Waals surface area contributed by atoms with Crippen LogP contribution in [0.25, 0.3) is 5.65 Å². The number of hydrogen-bond acceptors (Lipinski definition) is 3. The summed E-state index contributed by atoms with van der Waals surface area (Å²) >= 11 is 0. The quantitative estimate of drug-likeness (QED) is 0.460. The van der Waals surface area contributed by atoms with E-state index in [-0.39, 0.29) is 5.91 Å². The highest BCUT2D eigenvalue weighted by molar-refractivity contribution is 6.04. The second-order valence-electron chi connectivity index (χ2n) is 7.87. The van der Waals surface area contributed by atoms with Crippen molar-refractivity contribution in [1.82, 2.24) is 9.38 Å². The molecule has 2 aromatic carbocycles. The molecule has 1 saturated carbocycles. The predicted octanol–water partition coefficient (Wildman–Crippen LogP) is 5.38. The SMILES string of the molecule is Cc1c(C2CC2)nc2ccc(NC(=O)c3ccc(NCc4ccccc4)cc3)cn12. The van der Waals surface area contributed by atoms with Crippen LogP contribution >= 0.6 is 0 Å². The van der Waals surface area contributed by atoms with Crippen LogP contribution in [0.5, 0.6) is 0 Å². The van der Waals surface area contributed by atoms with Gasteiger partial charge in [-0.25, -0.2) is 4.98 Å². The van der Waals surface area contributed by atoms with Crippen molar-refractivity contribution in [3.05, 3.63) is 95.4 Å². The highest BCUT2D eigenvalue weighted by Gasteiger charge is 2.28. The van der Waals surface area contributed by atoms with Gasteiger partial charge >= 0.3 is 0 Å². The fraction of sp³-hybridized carbons (Fsp3) is 0.200. The summed E-state index contributed by atoms with van der Waals surface area (Å²) < 4.78 is 2.07. The summed E-state index contributed by atoms with van der Waals surface area (Å²) in [6.45, 7) is 2.85. The third-order valence-electron chi connectivity index (χ3n) is 5.60. The molecule has 0 spiro atoms. The number of rotatable bonds is 6. The summed E-state index contributed by atoms with van der Waals surface area (Å²) in [6, 6.07) is 21.7. The second kappa shape index (κ2) is 7.67. The van der Waals surface area contributed by atoms with Gasteiger partial charge in [-0.2, -0.15) is 0 Å². The summed E-state index contributed by atoms with van der Waals surface area (Å²) in [5.74, 6) is 0.487. The molecule has 1 aliphatic rings. The Morgan fingerprint density at radius 1 is 1.00 bits per heavy atom. The molecule has 1 fully saturated rings. The zero-order valence-electron chi connectivity index (χ0n) is 16.9. The van der Waals surface area contributed by atoms with E-state index in [9.17, 15) is 4.79 Å². The standard InChI is InChI=1S/C25H24N4O/c1-17-24(19-7-8-19)28-23-14-13-22(16-29(17)23)27-25(30)20-9-11-21(12-10-20)26-15-18-5-3-2-4-6-18/h2-6,9-14,16,19,26H,7-8,15H2,1H3,(H,27,30). The average Bonchev–Trinajstić information content (AvgIpc) is 3.57. The van der Waals surface area contributed by atoms with E-state index >= 15 is 0 Å². The Hall–Kier alpha value is -3.60. The first-order valence-electron chi connectivity index (χ1n) is 10.4. The lowest BCUT2D eigenvalue weighted by Gasteiger charge is -2.09. The molecule has 2 aromatic heterocycles. The van der Waals surface area contributed by atoms with Crippen molar-refractivity contribution in [1.29, 1.82) is 0 Å². The van der Waals surface area contributed by atoms with E-state index in [0.717, 1.165) is 29.3 Å². The van der Waals surface area contributed by atoms with E-state index in [1.54, 1.807) is 0 Å². The number of anilines is 2. The van der Waals surface area contributed by atoms with Crippen molar-refractivity contribution in [3.63, 3.8) is 0 Å². The molecular formula is C25H24N4O. The summed E-state index contributed by atoms with van der Waals surface area (Å²) in [6.07, 6.45) is 4.41. The predicted molar refractivity (Wildman–Crippen MR) is 120 cm³/mol. The maximum Gasteiger partial charge on any atom is 0.255 e. The molecule has 1 amide bonds. The first kappa shape index (κ1) is 18.4. The molecule has 0 atom stereocenters. The molecule has 0 bridgehead atoms. The topological polar surface area (TPSA) is 58.4 Å². The Kier molecular flexibility index (Phi) is 4.71. The Balaban J connectivity index is 1.26. The summed E-state index contributed by atoms with van der Waals surface area (Å²) in [5.41, 5.74) is 6.88. The van der Waals surface area contributed by atoms with Crippen LogP contribution in [0.3, 0.4) is 0 Å². The van der Waals surface area contributed by atoms with Gasteiger partial charge in [0.2, 0.25) is 0 Å². The van der Waals surface area contributed by atoms with Crippen molar-refractivity contribution in [2.75, 3.05) is 10.6 Å². The molecule has 0 saturated heterocycles. The Bertz CT molecular complexity index is 1190. The maximum absolute atomic E-state index is 12.7. The molecule has 150 valence electrons. The van der Waals surface area contributed by atoms with Gasteiger partial charge in [-0.1, -0.05) is 30.3 Å². The third-order valence-corrected chi connectivity index (χ3v) is 5.60. The molecular weight excluding hydrogens is 372 g/mol. The van der Waals surface area contributed by atoms with E-state index in [1.807, 2.05) is 60.8 Å². The number of carbonyl (C=O) groups is 1. The lowest BCUT2D eigenvalue weighted by molar-refractivity contribution is 0.102. The van der Waals surface area contributed by atoms with Crippen LogP contribution in [0.15, 0.2) is 72.9 Å². The van der Waals surface area contributed by atoms with E-state index in [0.29, 0.717) is 11.5 Å². The van der Waals surface area contributed by atoms with Crippen LogP contribution in [0.4, 0.5) is 11.4 Å². The van der Waals surface area contributed by atoms with Gasteiger partial charge < -0.3 is 15.0 Å². The van der Waals surface area contributed by atoms with Gasteiger partial charge in [0.05, 0.1) is 11.4 Å². The molecule has 5 heteroatoms. The van der Waals surface area contributed by atoms with Crippen LogP contribution in [0, 0.1) is 6.92 Å². The van der Waals surface area contributed by atoms with Crippen molar-refractivity contribution in [3.8, 4) is 0 Å². The van der Waals surface area contributed by atoms with Gasteiger partial charge in [0.25, 0.3) is 5.91 Å².